The van der Waals surface area contributed by atoms with Crippen LogP contribution in [0.3, 0.4) is 0 Å². The van der Waals surface area contributed by atoms with Gasteiger partial charge in [0.15, 0.2) is 5.76 Å². The summed E-state index contributed by atoms with van der Waals surface area (Å²) in [7, 11) is 0. The lowest BCUT2D eigenvalue weighted by molar-refractivity contribution is 0.0530. The molecule has 1 heterocycles. The Morgan fingerprint density at radius 3 is 2.48 bits per heavy atom. The Bertz CT molecular complexity index is 854. The molecule has 0 aliphatic heterocycles. The van der Waals surface area contributed by atoms with Gasteiger partial charge in [0.2, 0.25) is 11.2 Å². The highest BCUT2D eigenvalue weighted by atomic mass is 16.5. The summed E-state index contributed by atoms with van der Waals surface area (Å²) in [4.78, 5) is 12.7. The van der Waals surface area contributed by atoms with Crippen LogP contribution >= 0.6 is 0 Å². The van der Waals surface area contributed by atoms with E-state index in [1.54, 1.807) is 24.3 Å². The zero-order chi connectivity index (χ0) is 16.2. The van der Waals surface area contributed by atoms with E-state index >= 15 is 0 Å². The van der Waals surface area contributed by atoms with Crippen LogP contribution in [-0.2, 0) is 0 Å². The number of hydrogen-bond donors (Lipinski definition) is 2. The summed E-state index contributed by atoms with van der Waals surface area (Å²) in [6.45, 7) is -0.640. The van der Waals surface area contributed by atoms with Gasteiger partial charge in [-0.1, -0.05) is 42.5 Å². The number of fused-ring (bicyclic) bond motifs is 1. The van der Waals surface area contributed by atoms with E-state index in [-0.39, 0.29) is 17.8 Å². The molecule has 0 radical (unpaired) electrons. The minimum absolute atomic E-state index is 0.0300. The van der Waals surface area contributed by atoms with E-state index in [0.717, 1.165) is 0 Å². The number of ether oxygens (including phenoxy) is 1. The molecule has 0 saturated heterocycles. The van der Waals surface area contributed by atoms with E-state index < -0.39 is 12.7 Å². The van der Waals surface area contributed by atoms with Crippen molar-refractivity contribution in [3.05, 3.63) is 64.8 Å². The second-order valence-corrected chi connectivity index (χ2v) is 5.10. The molecule has 2 N–H and O–H groups in total. The predicted molar refractivity (Wildman–Crippen MR) is 86.5 cm³/mol. The molecule has 1 aromatic heterocycles. The Kier molecular flexibility index (Phi) is 4.41. The van der Waals surface area contributed by atoms with Crippen LogP contribution in [0.5, 0.6) is 5.75 Å². The van der Waals surface area contributed by atoms with Gasteiger partial charge in [-0.2, -0.15) is 0 Å². The third-order valence-electron chi connectivity index (χ3n) is 3.42. The molecule has 0 bridgehead atoms. The van der Waals surface area contributed by atoms with Crippen LogP contribution in [0, 0.1) is 0 Å². The molecule has 2 aromatic carbocycles. The van der Waals surface area contributed by atoms with Crippen LogP contribution in [0.2, 0.25) is 0 Å². The minimum atomic E-state index is -1.07. The Morgan fingerprint density at radius 1 is 1.04 bits per heavy atom. The zero-order valence-electron chi connectivity index (χ0n) is 12.3. The topological polar surface area (TPSA) is 79.9 Å². The van der Waals surface area contributed by atoms with Gasteiger partial charge in [0.1, 0.15) is 18.3 Å². The number of benzene rings is 2. The van der Waals surface area contributed by atoms with E-state index in [1.165, 1.54) is 0 Å². The lowest BCUT2D eigenvalue weighted by Gasteiger charge is -2.13. The van der Waals surface area contributed by atoms with E-state index in [2.05, 4.69) is 0 Å². The number of hydrogen-bond acceptors (Lipinski definition) is 5. The van der Waals surface area contributed by atoms with Gasteiger partial charge in [0.05, 0.1) is 12.0 Å². The summed E-state index contributed by atoms with van der Waals surface area (Å²) in [5.74, 6) is 0.335. The fourth-order valence-corrected chi connectivity index (χ4v) is 2.27. The summed E-state index contributed by atoms with van der Waals surface area (Å²) >= 11 is 0. The summed E-state index contributed by atoms with van der Waals surface area (Å²) in [6.07, 6.45) is -1.07. The molecule has 1 atom stereocenters. The molecular formula is C18H16O5. The summed E-state index contributed by atoms with van der Waals surface area (Å²) in [5.41, 5.74) is 0.853. The summed E-state index contributed by atoms with van der Waals surface area (Å²) < 4.78 is 11.3. The normalized spacial score (nSPS) is 12.3. The first-order chi connectivity index (χ1) is 11.2. The average Bonchev–Trinajstić information content (AvgIpc) is 2.61. The molecule has 1 unspecified atom stereocenters. The van der Waals surface area contributed by atoms with Crippen LogP contribution in [-0.4, -0.2) is 29.5 Å². The Morgan fingerprint density at radius 2 is 1.74 bits per heavy atom. The van der Waals surface area contributed by atoms with Gasteiger partial charge in [0, 0.05) is 5.56 Å². The van der Waals surface area contributed by atoms with Crippen LogP contribution in [0.25, 0.3) is 22.3 Å². The smallest absolute Gasteiger partial charge is 0.235 e. The van der Waals surface area contributed by atoms with Crippen molar-refractivity contribution in [3.8, 4) is 17.1 Å². The first kappa shape index (κ1) is 15.3. The molecule has 0 saturated carbocycles. The summed E-state index contributed by atoms with van der Waals surface area (Å²) in [6, 6.07) is 16.0. The quantitative estimate of drug-likeness (QED) is 0.755. The molecule has 0 aliphatic rings. The molecule has 3 aromatic rings. The van der Waals surface area contributed by atoms with Gasteiger partial charge in [0.25, 0.3) is 0 Å². The Hall–Kier alpha value is -2.63. The molecule has 118 valence electrons. The van der Waals surface area contributed by atoms with Crippen molar-refractivity contribution in [2.24, 2.45) is 0 Å². The fourth-order valence-electron chi connectivity index (χ4n) is 2.27. The SMILES string of the molecule is O=c1c(OCC(O)CO)c(-c2ccccc2)oc2ccccc12. The molecule has 23 heavy (non-hydrogen) atoms. The third kappa shape index (κ3) is 3.11. The maximum absolute atomic E-state index is 12.7. The lowest BCUT2D eigenvalue weighted by Crippen LogP contribution is -2.23. The largest absolute Gasteiger partial charge is 0.483 e. The van der Waals surface area contributed by atoms with E-state index in [0.29, 0.717) is 22.3 Å². The Balaban J connectivity index is 2.17. The van der Waals surface area contributed by atoms with Crippen LogP contribution in [0.15, 0.2) is 63.8 Å². The third-order valence-corrected chi connectivity index (χ3v) is 3.42. The maximum Gasteiger partial charge on any atom is 0.235 e. The molecule has 0 aliphatic carbocycles. The van der Waals surface area contributed by atoms with Gasteiger partial charge < -0.3 is 19.4 Å². The number of aliphatic hydroxyl groups is 2. The number of rotatable bonds is 5. The molecule has 3 rings (SSSR count). The molecular weight excluding hydrogens is 296 g/mol. The van der Waals surface area contributed by atoms with Crippen LogP contribution in [0.1, 0.15) is 0 Å². The molecule has 0 spiro atoms. The van der Waals surface area contributed by atoms with E-state index in [4.69, 9.17) is 14.3 Å². The molecule has 5 heteroatoms. The van der Waals surface area contributed by atoms with Crippen molar-refractivity contribution in [3.63, 3.8) is 0 Å². The monoisotopic (exact) mass is 312 g/mol. The highest BCUT2D eigenvalue weighted by Crippen LogP contribution is 2.30. The van der Waals surface area contributed by atoms with Gasteiger partial charge in [-0.3, -0.25) is 4.79 Å². The van der Waals surface area contributed by atoms with Crippen molar-refractivity contribution in [1.29, 1.82) is 0 Å². The van der Waals surface area contributed by atoms with Gasteiger partial charge in [-0.05, 0) is 12.1 Å². The number of aliphatic hydroxyl groups excluding tert-OH is 2. The van der Waals surface area contributed by atoms with Crippen molar-refractivity contribution in [2.45, 2.75) is 6.10 Å². The number of para-hydroxylation sites is 1. The van der Waals surface area contributed by atoms with E-state index in [9.17, 15) is 9.90 Å². The van der Waals surface area contributed by atoms with Crippen molar-refractivity contribution >= 4 is 11.0 Å². The standard InChI is InChI=1S/C18H16O5/c19-10-13(20)11-22-18-16(21)14-8-4-5-9-15(14)23-17(18)12-6-2-1-3-7-12/h1-9,13,19-20H,10-11H2. The van der Waals surface area contributed by atoms with Crippen molar-refractivity contribution in [1.82, 2.24) is 0 Å². The molecule has 0 amide bonds. The fraction of sp³-hybridized carbons (Fsp3) is 0.167. The van der Waals surface area contributed by atoms with Gasteiger partial charge >= 0.3 is 0 Å². The second kappa shape index (κ2) is 6.64. The van der Waals surface area contributed by atoms with E-state index in [1.807, 2.05) is 30.3 Å². The van der Waals surface area contributed by atoms with Gasteiger partial charge in [-0.15, -0.1) is 0 Å². The van der Waals surface area contributed by atoms with Crippen molar-refractivity contribution in [2.75, 3.05) is 13.2 Å². The zero-order valence-corrected chi connectivity index (χ0v) is 12.3. The van der Waals surface area contributed by atoms with Crippen LogP contribution < -0.4 is 10.2 Å². The van der Waals surface area contributed by atoms with Gasteiger partial charge in [-0.25, -0.2) is 0 Å². The highest BCUT2D eigenvalue weighted by molar-refractivity contribution is 5.81. The first-order valence-electron chi connectivity index (χ1n) is 7.23. The summed E-state index contributed by atoms with van der Waals surface area (Å²) in [5, 5.41) is 18.8. The Labute approximate surface area is 132 Å². The second-order valence-electron chi connectivity index (χ2n) is 5.10. The average molecular weight is 312 g/mol. The lowest BCUT2D eigenvalue weighted by atomic mass is 10.1. The molecule has 0 fully saturated rings. The predicted octanol–water partition coefficient (Wildman–Crippen LogP) is 2.19. The minimum Gasteiger partial charge on any atom is -0.483 e. The highest BCUT2D eigenvalue weighted by Gasteiger charge is 2.18. The maximum atomic E-state index is 12.7. The molecule has 5 nitrogen and oxygen atoms in total. The van der Waals surface area contributed by atoms with Crippen molar-refractivity contribution < 1.29 is 19.4 Å². The first-order valence-corrected chi connectivity index (χ1v) is 7.23. The van der Waals surface area contributed by atoms with Crippen LogP contribution in [0.4, 0.5) is 0 Å².